The normalized spacial score (nSPS) is 15.0. The Morgan fingerprint density at radius 2 is 1.66 bits per heavy atom. The number of furan rings is 1. The molecule has 41 heavy (non-hydrogen) atoms. The zero-order chi connectivity index (χ0) is 28.5. The number of hydrogen-bond donors (Lipinski definition) is 1. The highest BCUT2D eigenvalue weighted by Crippen LogP contribution is 2.31. The van der Waals surface area contributed by atoms with E-state index in [4.69, 9.17) is 9.41 Å². The molecule has 4 heterocycles. The van der Waals surface area contributed by atoms with Crippen molar-refractivity contribution in [1.29, 1.82) is 0 Å². The summed E-state index contributed by atoms with van der Waals surface area (Å²) in [4.78, 5) is 41.6. The van der Waals surface area contributed by atoms with Crippen LogP contribution in [0.2, 0.25) is 0 Å². The fourth-order valence-electron chi connectivity index (χ4n) is 4.71. The van der Waals surface area contributed by atoms with Gasteiger partial charge in [-0.25, -0.2) is 15.0 Å². The average Bonchev–Trinajstić information content (AvgIpc) is 3.51. The Morgan fingerprint density at radius 1 is 0.976 bits per heavy atom. The zero-order valence-corrected chi connectivity index (χ0v) is 24.1. The third-order valence-electron chi connectivity index (χ3n) is 6.44. The minimum Gasteiger partial charge on any atom is -0.450 e. The number of allylic oxidation sites excluding steroid dienone is 1. The highest BCUT2D eigenvalue weighted by molar-refractivity contribution is 7.99. The van der Waals surface area contributed by atoms with Gasteiger partial charge in [0.1, 0.15) is 5.76 Å². The van der Waals surface area contributed by atoms with E-state index in [2.05, 4.69) is 15.3 Å². The van der Waals surface area contributed by atoms with Crippen LogP contribution in [0.5, 0.6) is 0 Å². The van der Waals surface area contributed by atoms with E-state index < -0.39 is 6.04 Å². The van der Waals surface area contributed by atoms with Crippen LogP contribution < -0.4 is 20.2 Å². The molecule has 10 heteroatoms. The summed E-state index contributed by atoms with van der Waals surface area (Å²) in [5.74, 6) is 0.220. The molecule has 0 saturated carbocycles. The van der Waals surface area contributed by atoms with E-state index in [0.29, 0.717) is 42.3 Å². The smallest absolute Gasteiger partial charge is 0.271 e. The summed E-state index contributed by atoms with van der Waals surface area (Å²) in [5, 5.41) is 4.18. The molecule has 1 atom stereocenters. The molecule has 0 saturated heterocycles. The van der Waals surface area contributed by atoms with Crippen LogP contribution in [0.15, 0.2) is 115 Å². The van der Waals surface area contributed by atoms with Crippen molar-refractivity contribution in [2.24, 2.45) is 4.99 Å². The van der Waals surface area contributed by atoms with E-state index in [1.54, 1.807) is 17.6 Å². The number of fused-ring (bicyclic) bond motifs is 1. The van der Waals surface area contributed by atoms with Crippen molar-refractivity contribution in [3.8, 4) is 0 Å². The number of nitrogens with one attached hydrogen (secondary N) is 1. The maximum atomic E-state index is 13.9. The van der Waals surface area contributed by atoms with Gasteiger partial charge in [0, 0.05) is 23.2 Å². The van der Waals surface area contributed by atoms with Crippen molar-refractivity contribution >= 4 is 40.8 Å². The molecule has 0 aliphatic carbocycles. The lowest BCUT2D eigenvalue weighted by Gasteiger charge is -2.25. The number of anilines is 1. The monoisotopic (exact) mass is 579 g/mol. The van der Waals surface area contributed by atoms with E-state index in [9.17, 15) is 9.59 Å². The van der Waals surface area contributed by atoms with Gasteiger partial charge in [-0.1, -0.05) is 59.9 Å². The fourth-order valence-corrected chi connectivity index (χ4v) is 6.57. The van der Waals surface area contributed by atoms with Crippen LogP contribution in [0.1, 0.15) is 35.7 Å². The molecule has 0 radical (unpaired) electrons. The van der Waals surface area contributed by atoms with Gasteiger partial charge >= 0.3 is 0 Å². The van der Waals surface area contributed by atoms with Gasteiger partial charge in [0.15, 0.2) is 15.1 Å². The lowest BCUT2D eigenvalue weighted by Crippen LogP contribution is -2.40. The van der Waals surface area contributed by atoms with Gasteiger partial charge in [0.25, 0.3) is 11.5 Å². The molecule has 8 nitrogen and oxygen atoms in total. The Kier molecular flexibility index (Phi) is 7.25. The Balaban J connectivity index is 1.39. The van der Waals surface area contributed by atoms with Crippen molar-refractivity contribution in [2.75, 3.05) is 5.32 Å². The lowest BCUT2D eigenvalue weighted by atomic mass is 9.95. The number of para-hydroxylation sites is 1. The SMILES string of the molecule is CC1=C(C(=O)Nc2ccccc2)[C@@H](c2ccccc2)n2c(s/c(=C/c3ccc(Sc4nc(C)cc(C)n4)o3)c2=O)=N1. The summed E-state index contributed by atoms with van der Waals surface area (Å²) < 4.78 is 8.05. The molecule has 1 amide bonds. The van der Waals surface area contributed by atoms with E-state index in [1.165, 1.54) is 23.1 Å². The van der Waals surface area contributed by atoms with Crippen LogP contribution >= 0.6 is 23.1 Å². The topological polar surface area (TPSA) is 102 Å². The van der Waals surface area contributed by atoms with Crippen LogP contribution in [0.3, 0.4) is 0 Å². The first-order valence-electron chi connectivity index (χ1n) is 12.9. The lowest BCUT2D eigenvalue weighted by molar-refractivity contribution is -0.113. The second-order valence-corrected chi connectivity index (χ2v) is 11.5. The fraction of sp³-hybridized carbons (Fsp3) is 0.129. The molecule has 5 aromatic rings. The molecular weight excluding hydrogens is 555 g/mol. The van der Waals surface area contributed by atoms with Crippen molar-refractivity contribution in [3.63, 3.8) is 0 Å². The van der Waals surface area contributed by atoms with E-state index in [0.717, 1.165) is 17.0 Å². The van der Waals surface area contributed by atoms with Gasteiger partial charge in [0.05, 0.1) is 21.8 Å². The largest absolute Gasteiger partial charge is 0.450 e. The quantitative estimate of drug-likeness (QED) is 0.283. The second kappa shape index (κ2) is 11.1. The number of aromatic nitrogens is 3. The standard InChI is InChI=1S/C31H25N5O3S2/c1-18-16-19(2)33-30(32-18)41-25-15-14-23(39-25)17-24-29(38)36-27(21-10-6-4-7-11-21)26(20(3)34-31(36)40-24)28(37)35-22-12-8-5-9-13-22/h4-17,27H,1-3H3,(H,35,37)/b24-17+/t27-/m1/s1. The highest BCUT2D eigenvalue weighted by Gasteiger charge is 2.32. The summed E-state index contributed by atoms with van der Waals surface area (Å²) in [6.45, 7) is 5.65. The van der Waals surface area contributed by atoms with Gasteiger partial charge in [-0.3, -0.25) is 14.2 Å². The second-order valence-electron chi connectivity index (χ2n) is 9.50. The molecule has 0 unspecified atom stereocenters. The van der Waals surface area contributed by atoms with Crippen molar-refractivity contribution in [3.05, 3.63) is 133 Å². The number of thiazole rings is 1. The Labute approximate surface area is 243 Å². The summed E-state index contributed by atoms with van der Waals surface area (Å²) in [5.41, 5.74) is 3.98. The van der Waals surface area contributed by atoms with Crippen LogP contribution in [0.4, 0.5) is 5.69 Å². The first-order chi connectivity index (χ1) is 19.9. The minimum absolute atomic E-state index is 0.247. The Morgan fingerprint density at radius 3 is 2.37 bits per heavy atom. The van der Waals surface area contributed by atoms with Gasteiger partial charge in [-0.15, -0.1) is 0 Å². The first-order valence-corrected chi connectivity index (χ1v) is 14.5. The molecule has 204 valence electrons. The molecule has 0 bridgehead atoms. The summed E-state index contributed by atoms with van der Waals surface area (Å²) in [7, 11) is 0. The summed E-state index contributed by atoms with van der Waals surface area (Å²) in [6, 6.07) is 23.7. The van der Waals surface area contributed by atoms with Crippen molar-refractivity contribution in [1.82, 2.24) is 14.5 Å². The van der Waals surface area contributed by atoms with Gasteiger partial charge < -0.3 is 9.73 Å². The highest BCUT2D eigenvalue weighted by atomic mass is 32.2. The molecule has 0 spiro atoms. The molecular formula is C31H25N5O3S2. The predicted molar refractivity (Wildman–Crippen MR) is 160 cm³/mol. The van der Waals surface area contributed by atoms with Crippen LogP contribution in [-0.2, 0) is 4.79 Å². The number of amides is 1. The first kappa shape index (κ1) is 26.7. The van der Waals surface area contributed by atoms with Gasteiger partial charge in [0.2, 0.25) is 0 Å². The number of benzene rings is 2. The third kappa shape index (κ3) is 5.57. The molecule has 1 aliphatic rings. The molecule has 2 aromatic carbocycles. The summed E-state index contributed by atoms with van der Waals surface area (Å²) >= 11 is 2.59. The number of carbonyl (C=O) groups excluding carboxylic acids is 1. The number of hydrogen-bond acceptors (Lipinski definition) is 8. The maximum absolute atomic E-state index is 13.9. The predicted octanol–water partition coefficient (Wildman–Crippen LogP) is 5.02. The number of aryl methyl sites for hydroxylation is 2. The molecule has 1 aliphatic heterocycles. The van der Waals surface area contributed by atoms with Gasteiger partial charge in [-0.05, 0) is 68.4 Å². The van der Waals surface area contributed by atoms with Crippen molar-refractivity contribution in [2.45, 2.75) is 37.1 Å². The average molecular weight is 580 g/mol. The van der Waals surface area contributed by atoms with E-state index >= 15 is 0 Å². The Hall–Kier alpha value is -4.54. The molecule has 0 fully saturated rings. The minimum atomic E-state index is -0.636. The molecule has 3 aromatic heterocycles. The number of nitrogens with zero attached hydrogens (tertiary/aromatic N) is 4. The maximum Gasteiger partial charge on any atom is 0.271 e. The molecule has 1 N–H and O–H groups in total. The van der Waals surface area contributed by atoms with Gasteiger partial charge in [-0.2, -0.15) is 0 Å². The number of carbonyl (C=O) groups is 1. The van der Waals surface area contributed by atoms with Crippen LogP contribution in [-0.4, -0.2) is 20.4 Å². The van der Waals surface area contributed by atoms with Crippen LogP contribution in [0.25, 0.3) is 6.08 Å². The zero-order valence-electron chi connectivity index (χ0n) is 22.5. The number of rotatable bonds is 6. The molecule has 6 rings (SSSR count). The summed E-state index contributed by atoms with van der Waals surface area (Å²) in [6.07, 6.45) is 1.71. The van der Waals surface area contributed by atoms with Crippen LogP contribution in [0, 0.1) is 13.8 Å². The van der Waals surface area contributed by atoms with E-state index in [-0.39, 0.29) is 11.5 Å². The Bertz CT molecular complexity index is 1960. The van der Waals surface area contributed by atoms with Crippen molar-refractivity contribution < 1.29 is 9.21 Å². The third-order valence-corrected chi connectivity index (χ3v) is 8.21. The van der Waals surface area contributed by atoms with E-state index in [1.807, 2.05) is 92.7 Å².